The van der Waals surface area contributed by atoms with Crippen LogP contribution < -0.4 is 5.73 Å². The van der Waals surface area contributed by atoms with Crippen molar-refractivity contribution in [3.05, 3.63) is 35.4 Å². The summed E-state index contributed by atoms with van der Waals surface area (Å²) in [4.78, 5) is 2.41. The van der Waals surface area contributed by atoms with Gasteiger partial charge in [0.1, 0.15) is 5.84 Å². The van der Waals surface area contributed by atoms with E-state index in [0.717, 1.165) is 29.9 Å². The van der Waals surface area contributed by atoms with Crippen molar-refractivity contribution in [2.24, 2.45) is 23.5 Å². The van der Waals surface area contributed by atoms with E-state index in [9.17, 15) is 0 Å². The maximum absolute atomic E-state index is 7.67. The lowest BCUT2D eigenvalue weighted by Crippen LogP contribution is -2.29. The standard InChI is InChI=1S/C17H25N3/c1-20(11-15-9-12-6-7-13(15)8-12)10-14-4-2-3-5-16(14)17(18)19/h2-5,12-13,15H,6-11H2,1H3,(H3,18,19). The fourth-order valence-electron chi connectivity index (χ4n) is 4.28. The van der Waals surface area contributed by atoms with Gasteiger partial charge in [0.25, 0.3) is 0 Å². The molecule has 20 heavy (non-hydrogen) atoms. The van der Waals surface area contributed by atoms with Crippen LogP contribution in [0.3, 0.4) is 0 Å². The van der Waals surface area contributed by atoms with Gasteiger partial charge < -0.3 is 10.6 Å². The molecule has 2 aliphatic carbocycles. The molecule has 0 aromatic heterocycles. The summed E-state index contributed by atoms with van der Waals surface area (Å²) in [6, 6.07) is 8.03. The van der Waals surface area contributed by atoms with Gasteiger partial charge in [0.2, 0.25) is 0 Å². The Balaban J connectivity index is 1.61. The van der Waals surface area contributed by atoms with Gasteiger partial charge in [0, 0.05) is 18.7 Å². The number of nitrogens with two attached hydrogens (primary N) is 1. The normalized spacial score (nSPS) is 28.2. The highest BCUT2D eigenvalue weighted by Crippen LogP contribution is 2.48. The molecule has 3 atom stereocenters. The van der Waals surface area contributed by atoms with Crippen molar-refractivity contribution in [3.8, 4) is 0 Å². The van der Waals surface area contributed by atoms with E-state index in [2.05, 4.69) is 18.0 Å². The molecule has 0 saturated heterocycles. The van der Waals surface area contributed by atoms with Crippen molar-refractivity contribution in [3.63, 3.8) is 0 Å². The first kappa shape index (κ1) is 13.6. The Labute approximate surface area is 121 Å². The minimum atomic E-state index is 0.175. The molecule has 1 aromatic carbocycles. The third-order valence-corrected chi connectivity index (χ3v) is 5.18. The predicted octanol–water partition coefficient (Wildman–Crippen LogP) is 2.84. The SMILES string of the molecule is CN(Cc1ccccc1C(=N)N)CC1CC2CCC1C2. The fraction of sp³-hybridized carbons (Fsp3) is 0.588. The lowest BCUT2D eigenvalue weighted by atomic mass is 9.88. The topological polar surface area (TPSA) is 53.1 Å². The lowest BCUT2D eigenvalue weighted by molar-refractivity contribution is 0.214. The molecule has 3 N–H and O–H groups in total. The number of nitrogens with zero attached hydrogens (tertiary/aromatic N) is 1. The number of hydrogen-bond donors (Lipinski definition) is 2. The maximum atomic E-state index is 7.67. The summed E-state index contributed by atoms with van der Waals surface area (Å²) in [5.41, 5.74) is 7.72. The van der Waals surface area contributed by atoms with Crippen molar-refractivity contribution in [2.75, 3.05) is 13.6 Å². The summed E-state index contributed by atoms with van der Waals surface area (Å²) < 4.78 is 0. The highest BCUT2D eigenvalue weighted by molar-refractivity contribution is 5.96. The Hall–Kier alpha value is -1.35. The van der Waals surface area contributed by atoms with Gasteiger partial charge in [-0.05, 0) is 49.6 Å². The van der Waals surface area contributed by atoms with E-state index in [0.29, 0.717) is 0 Å². The van der Waals surface area contributed by atoms with Gasteiger partial charge in [-0.25, -0.2) is 0 Å². The summed E-state index contributed by atoms with van der Waals surface area (Å²) in [5, 5.41) is 7.67. The van der Waals surface area contributed by atoms with Crippen molar-refractivity contribution in [1.82, 2.24) is 4.90 Å². The van der Waals surface area contributed by atoms with Gasteiger partial charge >= 0.3 is 0 Å². The van der Waals surface area contributed by atoms with E-state index in [4.69, 9.17) is 11.1 Å². The molecular weight excluding hydrogens is 246 g/mol. The number of amidine groups is 1. The summed E-state index contributed by atoms with van der Waals surface area (Å²) in [7, 11) is 2.20. The van der Waals surface area contributed by atoms with E-state index >= 15 is 0 Å². The number of hydrogen-bond acceptors (Lipinski definition) is 2. The molecule has 3 nitrogen and oxygen atoms in total. The van der Waals surface area contributed by atoms with Gasteiger partial charge in [0.05, 0.1) is 0 Å². The average molecular weight is 271 g/mol. The molecule has 108 valence electrons. The molecule has 2 aliphatic rings. The second-order valence-electron chi connectivity index (χ2n) is 6.70. The van der Waals surface area contributed by atoms with Gasteiger partial charge in [-0.15, -0.1) is 0 Å². The average Bonchev–Trinajstić information content (AvgIpc) is 3.01. The molecule has 0 aliphatic heterocycles. The molecule has 2 saturated carbocycles. The molecule has 2 bridgehead atoms. The Morgan fingerprint density at radius 2 is 2.10 bits per heavy atom. The monoisotopic (exact) mass is 271 g/mol. The Bertz CT molecular complexity index is 497. The van der Waals surface area contributed by atoms with Gasteiger partial charge in [0.15, 0.2) is 0 Å². The predicted molar refractivity (Wildman–Crippen MR) is 82.7 cm³/mol. The second-order valence-corrected chi connectivity index (χ2v) is 6.70. The maximum Gasteiger partial charge on any atom is 0.123 e. The summed E-state index contributed by atoms with van der Waals surface area (Å²) >= 11 is 0. The van der Waals surface area contributed by atoms with Crippen LogP contribution in [0.5, 0.6) is 0 Å². The molecule has 0 amide bonds. The van der Waals surface area contributed by atoms with E-state index in [1.165, 1.54) is 37.8 Å². The van der Waals surface area contributed by atoms with Crippen molar-refractivity contribution < 1.29 is 0 Å². The Kier molecular flexibility index (Phi) is 3.79. The molecule has 0 spiro atoms. The Morgan fingerprint density at radius 1 is 1.30 bits per heavy atom. The van der Waals surface area contributed by atoms with Crippen LogP contribution in [0.15, 0.2) is 24.3 Å². The highest BCUT2D eigenvalue weighted by Gasteiger charge is 2.39. The third-order valence-electron chi connectivity index (χ3n) is 5.18. The van der Waals surface area contributed by atoms with Crippen LogP contribution in [0.25, 0.3) is 0 Å². The first-order valence-electron chi connectivity index (χ1n) is 7.74. The van der Waals surface area contributed by atoms with Crippen LogP contribution in [0, 0.1) is 23.2 Å². The zero-order valence-corrected chi connectivity index (χ0v) is 12.3. The summed E-state index contributed by atoms with van der Waals surface area (Å²) in [6.07, 6.45) is 5.83. The van der Waals surface area contributed by atoms with Crippen molar-refractivity contribution in [2.45, 2.75) is 32.2 Å². The molecule has 2 fully saturated rings. The Morgan fingerprint density at radius 3 is 2.75 bits per heavy atom. The molecule has 3 unspecified atom stereocenters. The number of nitrogen functional groups attached to an aromatic ring is 1. The third kappa shape index (κ3) is 2.73. The van der Waals surface area contributed by atoms with Crippen molar-refractivity contribution in [1.29, 1.82) is 5.41 Å². The molecule has 0 radical (unpaired) electrons. The number of rotatable bonds is 5. The molecular formula is C17H25N3. The summed E-state index contributed by atoms with van der Waals surface area (Å²) in [6.45, 7) is 2.08. The van der Waals surface area contributed by atoms with Gasteiger partial charge in [-0.2, -0.15) is 0 Å². The molecule has 3 rings (SSSR count). The van der Waals surface area contributed by atoms with Crippen molar-refractivity contribution >= 4 is 5.84 Å². The van der Waals surface area contributed by atoms with Crippen LogP contribution in [-0.2, 0) is 6.54 Å². The largest absolute Gasteiger partial charge is 0.384 e. The number of fused-ring (bicyclic) bond motifs is 2. The van der Waals surface area contributed by atoms with Crippen LogP contribution in [0.2, 0.25) is 0 Å². The molecule has 1 aromatic rings. The van der Waals surface area contributed by atoms with Crippen LogP contribution in [0.4, 0.5) is 0 Å². The summed E-state index contributed by atoms with van der Waals surface area (Å²) in [5.74, 6) is 3.06. The van der Waals surface area contributed by atoms with Crippen LogP contribution in [-0.4, -0.2) is 24.3 Å². The van der Waals surface area contributed by atoms with Gasteiger partial charge in [-0.1, -0.05) is 30.7 Å². The number of benzene rings is 1. The fourth-order valence-corrected chi connectivity index (χ4v) is 4.28. The van der Waals surface area contributed by atoms with E-state index in [1.807, 2.05) is 18.2 Å². The molecule has 3 heteroatoms. The second kappa shape index (κ2) is 5.57. The van der Waals surface area contributed by atoms with E-state index in [-0.39, 0.29) is 5.84 Å². The molecule has 0 heterocycles. The quantitative estimate of drug-likeness (QED) is 0.639. The zero-order valence-electron chi connectivity index (χ0n) is 12.3. The number of nitrogens with one attached hydrogen (secondary N) is 1. The first-order valence-corrected chi connectivity index (χ1v) is 7.74. The van der Waals surface area contributed by atoms with Crippen LogP contribution >= 0.6 is 0 Å². The minimum Gasteiger partial charge on any atom is -0.384 e. The zero-order chi connectivity index (χ0) is 14.1. The minimum absolute atomic E-state index is 0.175. The first-order chi connectivity index (χ1) is 9.63. The van der Waals surface area contributed by atoms with Gasteiger partial charge in [-0.3, -0.25) is 5.41 Å². The van der Waals surface area contributed by atoms with E-state index in [1.54, 1.807) is 0 Å². The smallest absolute Gasteiger partial charge is 0.123 e. The lowest BCUT2D eigenvalue weighted by Gasteiger charge is -2.27. The van der Waals surface area contributed by atoms with Crippen LogP contribution in [0.1, 0.15) is 36.8 Å². The highest BCUT2D eigenvalue weighted by atomic mass is 15.1. The van der Waals surface area contributed by atoms with E-state index < -0.39 is 0 Å².